The molecule has 0 bridgehead atoms. The van der Waals surface area contributed by atoms with Crippen LogP contribution in [0.25, 0.3) is 0 Å². The van der Waals surface area contributed by atoms with Crippen molar-refractivity contribution in [2.45, 2.75) is 37.8 Å². The lowest BCUT2D eigenvalue weighted by Gasteiger charge is -2.33. The summed E-state index contributed by atoms with van der Waals surface area (Å²) < 4.78 is 34.9. The fourth-order valence-electron chi connectivity index (χ4n) is 4.61. The summed E-state index contributed by atoms with van der Waals surface area (Å²) in [6, 6.07) is 30.5. The second-order valence-corrected chi connectivity index (χ2v) is 11.6. The number of aryl methyl sites for hydroxylation is 1. The highest BCUT2D eigenvalue weighted by molar-refractivity contribution is 7.92. The molecule has 0 saturated carbocycles. The van der Waals surface area contributed by atoms with Gasteiger partial charge in [-0.05, 0) is 73.0 Å². The topological polar surface area (TPSA) is 96.0 Å². The van der Waals surface area contributed by atoms with Gasteiger partial charge >= 0.3 is 0 Å². The van der Waals surface area contributed by atoms with E-state index in [1.54, 1.807) is 42.5 Å². The molecule has 4 aromatic rings. The van der Waals surface area contributed by atoms with Crippen molar-refractivity contribution in [1.82, 2.24) is 10.2 Å². The van der Waals surface area contributed by atoms with Crippen LogP contribution in [-0.4, -0.2) is 44.8 Å². The number of likely N-dealkylation sites (N-methyl/N-ethyl adjacent to an activating group) is 1. The molecule has 1 N–H and O–H groups in total. The van der Waals surface area contributed by atoms with Crippen molar-refractivity contribution in [2.75, 3.05) is 17.9 Å². The van der Waals surface area contributed by atoms with Crippen LogP contribution in [0.5, 0.6) is 11.5 Å². The Morgan fingerprint density at radius 1 is 0.810 bits per heavy atom. The average Bonchev–Trinajstić information content (AvgIpc) is 3.01. The van der Waals surface area contributed by atoms with E-state index in [-0.39, 0.29) is 23.0 Å². The van der Waals surface area contributed by atoms with Crippen molar-refractivity contribution in [3.05, 3.63) is 120 Å². The summed E-state index contributed by atoms with van der Waals surface area (Å²) in [5.74, 6) is 0.332. The summed E-state index contributed by atoms with van der Waals surface area (Å²) in [5.41, 5.74) is 2.12. The van der Waals surface area contributed by atoms with Crippen molar-refractivity contribution in [3.8, 4) is 11.5 Å². The molecule has 42 heavy (non-hydrogen) atoms. The molecule has 0 fully saturated rings. The number of nitrogens with one attached hydrogen (secondary N) is 1. The molecule has 0 aromatic heterocycles. The van der Waals surface area contributed by atoms with Crippen molar-refractivity contribution in [1.29, 1.82) is 0 Å². The third kappa shape index (κ3) is 7.16. The largest absolute Gasteiger partial charge is 0.457 e. The fourth-order valence-corrected chi connectivity index (χ4v) is 6.05. The van der Waals surface area contributed by atoms with Crippen molar-refractivity contribution in [3.63, 3.8) is 0 Å². The molecule has 2 amide bonds. The molecule has 218 valence electrons. The molecule has 0 heterocycles. The molecule has 0 aliphatic heterocycles. The van der Waals surface area contributed by atoms with E-state index < -0.39 is 28.5 Å². The summed E-state index contributed by atoms with van der Waals surface area (Å²) in [7, 11) is -2.63. The molecule has 8 nitrogen and oxygen atoms in total. The van der Waals surface area contributed by atoms with E-state index in [2.05, 4.69) is 5.32 Å². The predicted molar refractivity (Wildman–Crippen MR) is 164 cm³/mol. The van der Waals surface area contributed by atoms with Gasteiger partial charge in [-0.3, -0.25) is 13.9 Å². The van der Waals surface area contributed by atoms with E-state index in [4.69, 9.17) is 4.74 Å². The van der Waals surface area contributed by atoms with Crippen LogP contribution in [0, 0.1) is 6.92 Å². The number of ether oxygens (including phenoxy) is 1. The van der Waals surface area contributed by atoms with Gasteiger partial charge in [-0.15, -0.1) is 0 Å². The van der Waals surface area contributed by atoms with Crippen LogP contribution in [-0.2, 0) is 26.2 Å². The van der Waals surface area contributed by atoms with Crippen LogP contribution < -0.4 is 14.4 Å². The molecule has 0 saturated heterocycles. The molecule has 0 unspecified atom stereocenters. The number of hydrogen-bond donors (Lipinski definition) is 1. The minimum Gasteiger partial charge on any atom is -0.457 e. The van der Waals surface area contributed by atoms with Crippen LogP contribution >= 0.6 is 0 Å². The maximum absolute atomic E-state index is 14.1. The Bertz CT molecular complexity index is 1590. The van der Waals surface area contributed by atoms with E-state index in [1.807, 2.05) is 68.4 Å². The first-order valence-electron chi connectivity index (χ1n) is 13.7. The minimum absolute atomic E-state index is 0.0474. The number of sulfonamides is 1. The van der Waals surface area contributed by atoms with Gasteiger partial charge in [0, 0.05) is 13.6 Å². The molecular weight excluding hydrogens is 550 g/mol. The smallest absolute Gasteiger partial charge is 0.264 e. The zero-order valence-corrected chi connectivity index (χ0v) is 24.8. The van der Waals surface area contributed by atoms with Crippen LogP contribution in [0.2, 0.25) is 0 Å². The number of anilines is 1. The molecule has 0 aliphatic rings. The number of carbonyl (C=O) groups excluding carboxylic acids is 2. The first-order valence-corrected chi connectivity index (χ1v) is 15.1. The average molecular weight is 586 g/mol. The fraction of sp³-hybridized carbons (Fsp3) is 0.212. The molecule has 9 heteroatoms. The quantitative estimate of drug-likeness (QED) is 0.236. The number of carbonyl (C=O) groups is 2. The monoisotopic (exact) mass is 585 g/mol. The number of benzene rings is 4. The summed E-state index contributed by atoms with van der Waals surface area (Å²) in [4.78, 5) is 28.4. The van der Waals surface area contributed by atoms with Gasteiger partial charge in [-0.2, -0.15) is 0 Å². The Labute approximate surface area is 247 Å². The third-order valence-electron chi connectivity index (χ3n) is 6.95. The number of para-hydroxylation sites is 1. The van der Waals surface area contributed by atoms with Gasteiger partial charge in [0.2, 0.25) is 11.8 Å². The van der Waals surface area contributed by atoms with Crippen LogP contribution in [0.3, 0.4) is 0 Å². The lowest BCUT2D eigenvalue weighted by atomic mass is 10.1. The maximum atomic E-state index is 14.1. The lowest BCUT2D eigenvalue weighted by Crippen LogP contribution is -2.51. The van der Waals surface area contributed by atoms with Crippen LogP contribution in [0.1, 0.15) is 24.5 Å². The Morgan fingerprint density at radius 2 is 1.38 bits per heavy atom. The summed E-state index contributed by atoms with van der Waals surface area (Å²) in [5, 5.41) is 2.64. The van der Waals surface area contributed by atoms with E-state index >= 15 is 0 Å². The summed E-state index contributed by atoms with van der Waals surface area (Å²) in [6.45, 7) is 3.40. The van der Waals surface area contributed by atoms with Crippen molar-refractivity contribution in [2.24, 2.45) is 0 Å². The maximum Gasteiger partial charge on any atom is 0.264 e. The van der Waals surface area contributed by atoms with E-state index in [0.29, 0.717) is 17.9 Å². The van der Waals surface area contributed by atoms with E-state index in [9.17, 15) is 18.0 Å². The van der Waals surface area contributed by atoms with Gasteiger partial charge in [0.15, 0.2) is 0 Å². The number of rotatable bonds is 12. The van der Waals surface area contributed by atoms with Gasteiger partial charge in [0.05, 0.1) is 10.6 Å². The van der Waals surface area contributed by atoms with E-state index in [1.165, 1.54) is 24.1 Å². The Hall–Kier alpha value is -4.63. The summed E-state index contributed by atoms with van der Waals surface area (Å²) in [6.07, 6.45) is 0.355. The SMILES string of the molecule is CC[C@@H](C(=O)NC)N(Cc1ccccc1C)C(=O)CN(c1ccc(Oc2ccccc2)cc1)S(=O)(=O)c1ccccc1. The highest BCUT2D eigenvalue weighted by Crippen LogP contribution is 2.28. The first kappa shape index (κ1) is 30.3. The first-order chi connectivity index (χ1) is 20.2. The van der Waals surface area contributed by atoms with Crippen LogP contribution in [0.15, 0.2) is 114 Å². The van der Waals surface area contributed by atoms with Crippen molar-refractivity contribution < 1.29 is 22.7 Å². The zero-order valence-electron chi connectivity index (χ0n) is 23.9. The Balaban J connectivity index is 1.72. The standard InChI is InChI=1S/C33H35N3O5S/c1-4-31(33(38)34-3)35(23-26-14-12-11-13-25(26)2)32(37)24-36(42(39,40)30-17-9-6-10-18-30)27-19-21-29(22-20-27)41-28-15-7-5-8-16-28/h5-22,31H,4,23-24H2,1-3H3,(H,34,38)/t31-/m0/s1. The molecule has 0 aliphatic carbocycles. The second kappa shape index (κ2) is 13.8. The predicted octanol–water partition coefficient (Wildman–Crippen LogP) is 5.54. The van der Waals surface area contributed by atoms with Gasteiger partial charge in [0.1, 0.15) is 24.1 Å². The summed E-state index contributed by atoms with van der Waals surface area (Å²) >= 11 is 0. The molecule has 4 aromatic carbocycles. The zero-order chi connectivity index (χ0) is 30.1. The molecule has 0 radical (unpaired) electrons. The highest BCUT2D eigenvalue weighted by atomic mass is 32.2. The third-order valence-corrected chi connectivity index (χ3v) is 8.74. The normalized spacial score (nSPS) is 11.8. The minimum atomic E-state index is -4.15. The van der Waals surface area contributed by atoms with Gasteiger partial charge in [0.25, 0.3) is 10.0 Å². The highest BCUT2D eigenvalue weighted by Gasteiger charge is 2.33. The molecule has 4 rings (SSSR count). The van der Waals surface area contributed by atoms with Gasteiger partial charge in [-0.25, -0.2) is 8.42 Å². The Kier molecular flexibility index (Phi) is 9.98. The van der Waals surface area contributed by atoms with Gasteiger partial charge in [-0.1, -0.05) is 67.6 Å². The lowest BCUT2D eigenvalue weighted by molar-refractivity contribution is -0.140. The van der Waals surface area contributed by atoms with Gasteiger partial charge < -0.3 is 15.0 Å². The van der Waals surface area contributed by atoms with E-state index in [0.717, 1.165) is 15.4 Å². The molecule has 0 spiro atoms. The Morgan fingerprint density at radius 3 is 1.98 bits per heavy atom. The number of nitrogens with zero attached hydrogens (tertiary/aromatic N) is 2. The van der Waals surface area contributed by atoms with Crippen LogP contribution in [0.4, 0.5) is 5.69 Å². The molecular formula is C33H35N3O5S. The van der Waals surface area contributed by atoms with Crippen molar-refractivity contribution >= 4 is 27.5 Å². The molecule has 1 atom stereocenters. The number of hydrogen-bond acceptors (Lipinski definition) is 5. The second-order valence-electron chi connectivity index (χ2n) is 9.72. The number of amides is 2.